The van der Waals surface area contributed by atoms with Crippen molar-refractivity contribution in [2.45, 2.75) is 38.9 Å². The van der Waals surface area contributed by atoms with Gasteiger partial charge in [-0.3, -0.25) is 4.79 Å². The molecular weight excluding hydrogens is 228 g/mol. The number of benzene rings is 1. The fourth-order valence-electron chi connectivity index (χ4n) is 2.08. The summed E-state index contributed by atoms with van der Waals surface area (Å²) in [5.74, 6) is 0.000738. The van der Waals surface area contributed by atoms with Gasteiger partial charge in [0.1, 0.15) is 6.10 Å². The number of carbonyl (C=O) groups is 1. The molecule has 3 heteroatoms. The Balaban J connectivity index is 1.63. The summed E-state index contributed by atoms with van der Waals surface area (Å²) in [7, 11) is 0. The summed E-state index contributed by atoms with van der Waals surface area (Å²) in [4.78, 5) is 11.4. The second-order valence-electron chi connectivity index (χ2n) is 4.86. The molecule has 1 aromatic rings. The Bertz CT molecular complexity index is 375. The van der Waals surface area contributed by atoms with Crippen LogP contribution < -0.4 is 0 Å². The summed E-state index contributed by atoms with van der Waals surface area (Å²) in [6, 6.07) is 10.1. The zero-order chi connectivity index (χ0) is 12.8. The third-order valence-electron chi connectivity index (χ3n) is 3.30. The molecule has 1 saturated heterocycles. The van der Waals surface area contributed by atoms with E-state index in [1.807, 2.05) is 37.3 Å². The standard InChI is InChI=1S/C15H20O3/c1-12-7-8-14(18-15(12)16)9-10-17-11-13-5-3-2-4-6-13/h2-6,12,14H,7-11H2,1H3/t12-,14-/m0/s1. The molecule has 18 heavy (non-hydrogen) atoms. The minimum atomic E-state index is -0.0608. The van der Waals surface area contributed by atoms with Crippen LogP contribution in [-0.2, 0) is 20.9 Å². The van der Waals surface area contributed by atoms with E-state index in [-0.39, 0.29) is 18.0 Å². The van der Waals surface area contributed by atoms with Gasteiger partial charge in [0.2, 0.25) is 0 Å². The number of cyclic esters (lactones) is 1. The molecule has 0 N–H and O–H groups in total. The molecular formula is C15H20O3. The fraction of sp³-hybridized carbons (Fsp3) is 0.533. The summed E-state index contributed by atoms with van der Waals surface area (Å²) in [5, 5.41) is 0. The van der Waals surface area contributed by atoms with E-state index in [4.69, 9.17) is 9.47 Å². The monoisotopic (exact) mass is 248 g/mol. The van der Waals surface area contributed by atoms with Gasteiger partial charge in [0.15, 0.2) is 0 Å². The predicted molar refractivity (Wildman–Crippen MR) is 69.0 cm³/mol. The van der Waals surface area contributed by atoms with Crippen LogP contribution in [0.2, 0.25) is 0 Å². The molecule has 1 heterocycles. The van der Waals surface area contributed by atoms with Crippen molar-refractivity contribution in [1.82, 2.24) is 0 Å². The lowest BCUT2D eigenvalue weighted by atomic mass is 9.98. The van der Waals surface area contributed by atoms with Crippen LogP contribution in [0.5, 0.6) is 0 Å². The van der Waals surface area contributed by atoms with E-state index in [1.165, 1.54) is 5.56 Å². The maximum Gasteiger partial charge on any atom is 0.308 e. The highest BCUT2D eigenvalue weighted by molar-refractivity contribution is 5.72. The second kappa shape index (κ2) is 6.55. The van der Waals surface area contributed by atoms with E-state index in [0.29, 0.717) is 13.2 Å². The predicted octanol–water partition coefficient (Wildman–Crippen LogP) is 2.94. The molecule has 0 saturated carbocycles. The van der Waals surface area contributed by atoms with Crippen LogP contribution in [0.25, 0.3) is 0 Å². The zero-order valence-electron chi connectivity index (χ0n) is 10.8. The van der Waals surface area contributed by atoms with Gasteiger partial charge in [-0.1, -0.05) is 37.3 Å². The van der Waals surface area contributed by atoms with Crippen molar-refractivity contribution in [2.75, 3.05) is 6.61 Å². The first-order valence-electron chi connectivity index (χ1n) is 6.58. The topological polar surface area (TPSA) is 35.5 Å². The summed E-state index contributed by atoms with van der Waals surface area (Å²) in [6.07, 6.45) is 2.74. The SMILES string of the molecule is C[C@H]1CC[C@@H](CCOCc2ccccc2)OC1=O. The van der Waals surface area contributed by atoms with Crippen LogP contribution in [0, 0.1) is 5.92 Å². The molecule has 0 radical (unpaired) electrons. The summed E-state index contributed by atoms with van der Waals surface area (Å²) in [6.45, 7) is 3.18. The lowest BCUT2D eigenvalue weighted by Crippen LogP contribution is -2.30. The van der Waals surface area contributed by atoms with Gasteiger partial charge in [0.25, 0.3) is 0 Å². The van der Waals surface area contributed by atoms with Gasteiger partial charge in [0.05, 0.1) is 19.1 Å². The Morgan fingerprint density at radius 2 is 2.06 bits per heavy atom. The van der Waals surface area contributed by atoms with E-state index >= 15 is 0 Å². The summed E-state index contributed by atoms with van der Waals surface area (Å²) in [5.41, 5.74) is 1.17. The maximum absolute atomic E-state index is 11.4. The van der Waals surface area contributed by atoms with E-state index < -0.39 is 0 Å². The largest absolute Gasteiger partial charge is 0.462 e. The Morgan fingerprint density at radius 1 is 1.28 bits per heavy atom. The third-order valence-corrected chi connectivity index (χ3v) is 3.30. The smallest absolute Gasteiger partial charge is 0.308 e. The Labute approximate surface area is 108 Å². The molecule has 1 aromatic carbocycles. The summed E-state index contributed by atoms with van der Waals surface area (Å²) < 4.78 is 10.9. The number of ether oxygens (including phenoxy) is 2. The number of hydrogen-bond acceptors (Lipinski definition) is 3. The van der Waals surface area contributed by atoms with E-state index in [1.54, 1.807) is 0 Å². The lowest BCUT2D eigenvalue weighted by Gasteiger charge is -2.26. The van der Waals surface area contributed by atoms with Crippen molar-refractivity contribution in [3.63, 3.8) is 0 Å². The van der Waals surface area contributed by atoms with Crippen molar-refractivity contribution in [2.24, 2.45) is 5.92 Å². The molecule has 0 aromatic heterocycles. The fourth-order valence-corrected chi connectivity index (χ4v) is 2.08. The minimum Gasteiger partial charge on any atom is -0.462 e. The highest BCUT2D eigenvalue weighted by Gasteiger charge is 2.26. The van der Waals surface area contributed by atoms with Gasteiger partial charge in [-0.05, 0) is 18.4 Å². The third kappa shape index (κ3) is 3.84. The molecule has 1 aliphatic heterocycles. The molecule has 0 spiro atoms. The number of esters is 1. The van der Waals surface area contributed by atoms with Crippen LogP contribution in [0.4, 0.5) is 0 Å². The highest BCUT2D eigenvalue weighted by atomic mass is 16.5. The van der Waals surface area contributed by atoms with Gasteiger partial charge in [-0.15, -0.1) is 0 Å². The maximum atomic E-state index is 11.4. The van der Waals surface area contributed by atoms with Crippen LogP contribution in [0.1, 0.15) is 31.7 Å². The molecule has 0 bridgehead atoms. The van der Waals surface area contributed by atoms with Gasteiger partial charge < -0.3 is 9.47 Å². The molecule has 0 unspecified atom stereocenters. The highest BCUT2D eigenvalue weighted by Crippen LogP contribution is 2.21. The normalized spacial score (nSPS) is 23.7. The van der Waals surface area contributed by atoms with Gasteiger partial charge >= 0.3 is 5.97 Å². The second-order valence-corrected chi connectivity index (χ2v) is 4.86. The first-order valence-corrected chi connectivity index (χ1v) is 6.58. The molecule has 2 atom stereocenters. The van der Waals surface area contributed by atoms with E-state index in [9.17, 15) is 4.79 Å². The van der Waals surface area contributed by atoms with E-state index in [0.717, 1.165) is 19.3 Å². The molecule has 1 fully saturated rings. The molecule has 0 aliphatic carbocycles. The Kier molecular flexibility index (Phi) is 4.76. The van der Waals surface area contributed by atoms with Gasteiger partial charge in [-0.2, -0.15) is 0 Å². The quantitative estimate of drug-likeness (QED) is 0.593. The van der Waals surface area contributed by atoms with E-state index in [2.05, 4.69) is 0 Å². The average molecular weight is 248 g/mol. The number of hydrogen-bond donors (Lipinski definition) is 0. The molecule has 1 aliphatic rings. The van der Waals surface area contributed by atoms with Crippen molar-refractivity contribution < 1.29 is 14.3 Å². The van der Waals surface area contributed by atoms with Gasteiger partial charge in [0, 0.05) is 6.42 Å². The average Bonchev–Trinajstić information content (AvgIpc) is 2.40. The molecule has 98 valence electrons. The van der Waals surface area contributed by atoms with Crippen LogP contribution >= 0.6 is 0 Å². The molecule has 0 amide bonds. The number of rotatable bonds is 5. The van der Waals surface area contributed by atoms with Crippen molar-refractivity contribution in [3.05, 3.63) is 35.9 Å². The van der Waals surface area contributed by atoms with Crippen LogP contribution in [0.15, 0.2) is 30.3 Å². The van der Waals surface area contributed by atoms with Gasteiger partial charge in [-0.25, -0.2) is 0 Å². The number of carbonyl (C=O) groups excluding carboxylic acids is 1. The molecule has 3 nitrogen and oxygen atoms in total. The summed E-state index contributed by atoms with van der Waals surface area (Å²) >= 11 is 0. The Morgan fingerprint density at radius 3 is 2.78 bits per heavy atom. The minimum absolute atomic E-state index is 0.0458. The molecule has 2 rings (SSSR count). The van der Waals surface area contributed by atoms with Crippen LogP contribution in [0.3, 0.4) is 0 Å². The van der Waals surface area contributed by atoms with Crippen molar-refractivity contribution >= 4 is 5.97 Å². The first-order chi connectivity index (χ1) is 8.75. The van der Waals surface area contributed by atoms with Crippen LogP contribution in [-0.4, -0.2) is 18.7 Å². The lowest BCUT2D eigenvalue weighted by molar-refractivity contribution is -0.160. The first kappa shape index (κ1) is 13.1. The Hall–Kier alpha value is -1.35. The van der Waals surface area contributed by atoms with Crippen molar-refractivity contribution in [1.29, 1.82) is 0 Å². The van der Waals surface area contributed by atoms with Crippen molar-refractivity contribution in [3.8, 4) is 0 Å². The zero-order valence-corrected chi connectivity index (χ0v) is 10.8.